The first kappa shape index (κ1) is 17.2. The Kier molecular flexibility index (Phi) is 6.38. The van der Waals surface area contributed by atoms with Crippen LogP contribution < -0.4 is 10.6 Å². The number of amides is 3. The fraction of sp³-hybridized carbons (Fsp3) is 0.529. The fourth-order valence-corrected chi connectivity index (χ4v) is 2.74. The van der Waals surface area contributed by atoms with Crippen molar-refractivity contribution in [3.8, 4) is 0 Å². The highest BCUT2D eigenvalue weighted by Crippen LogP contribution is 2.23. The summed E-state index contributed by atoms with van der Waals surface area (Å²) in [5.74, 6) is -0.691. The molecule has 1 saturated heterocycles. The molecule has 1 atom stereocenters. The summed E-state index contributed by atoms with van der Waals surface area (Å²) in [4.78, 5) is 26.0. The molecule has 1 aliphatic heterocycles. The summed E-state index contributed by atoms with van der Waals surface area (Å²) in [6.07, 6.45) is 4.28. The van der Waals surface area contributed by atoms with Gasteiger partial charge in [-0.15, -0.1) is 0 Å². The van der Waals surface area contributed by atoms with Gasteiger partial charge < -0.3 is 15.5 Å². The molecule has 0 spiro atoms. The maximum Gasteiger partial charge on any atom is 0.318 e. The number of piperazine rings is 1. The summed E-state index contributed by atoms with van der Waals surface area (Å²) in [7, 11) is 0. The zero-order valence-electron chi connectivity index (χ0n) is 13.5. The Balaban J connectivity index is 2.02. The van der Waals surface area contributed by atoms with Gasteiger partial charge in [-0.2, -0.15) is 0 Å². The second-order valence-corrected chi connectivity index (χ2v) is 5.73. The highest BCUT2D eigenvalue weighted by atomic mass is 19.1. The maximum absolute atomic E-state index is 13.4. The van der Waals surface area contributed by atoms with Crippen LogP contribution in [0.25, 0.3) is 0 Å². The summed E-state index contributed by atoms with van der Waals surface area (Å²) >= 11 is 0. The number of hydrogen-bond donors (Lipinski definition) is 2. The Bertz CT molecular complexity index is 550. The topological polar surface area (TPSA) is 61.4 Å². The molecule has 3 amide bonds. The monoisotopic (exact) mass is 321 g/mol. The molecule has 2 N–H and O–H groups in total. The fourth-order valence-electron chi connectivity index (χ4n) is 2.74. The van der Waals surface area contributed by atoms with Gasteiger partial charge in [-0.3, -0.25) is 4.79 Å². The van der Waals surface area contributed by atoms with E-state index in [0.29, 0.717) is 25.2 Å². The minimum Gasteiger partial charge on any atom is -0.352 e. The van der Waals surface area contributed by atoms with E-state index >= 15 is 0 Å². The van der Waals surface area contributed by atoms with Crippen LogP contribution in [-0.4, -0.2) is 36.5 Å². The number of carbonyl (C=O) groups is 2. The van der Waals surface area contributed by atoms with Crippen LogP contribution in [0.5, 0.6) is 0 Å². The van der Waals surface area contributed by atoms with Gasteiger partial charge in [0.2, 0.25) is 5.91 Å². The van der Waals surface area contributed by atoms with Crippen molar-refractivity contribution in [3.05, 3.63) is 35.6 Å². The van der Waals surface area contributed by atoms with Gasteiger partial charge in [0.15, 0.2) is 0 Å². The summed E-state index contributed by atoms with van der Waals surface area (Å²) in [6.45, 7) is 3.54. The quantitative estimate of drug-likeness (QED) is 0.791. The van der Waals surface area contributed by atoms with E-state index in [1.807, 2.05) is 0 Å². The van der Waals surface area contributed by atoms with Crippen LogP contribution >= 0.6 is 0 Å². The Morgan fingerprint density at radius 3 is 2.96 bits per heavy atom. The summed E-state index contributed by atoms with van der Waals surface area (Å²) in [5.41, 5.74) is 0.489. The van der Waals surface area contributed by atoms with Gasteiger partial charge in [-0.1, -0.05) is 38.3 Å². The van der Waals surface area contributed by atoms with Crippen LogP contribution in [0, 0.1) is 5.82 Å². The SMILES string of the molecule is CCCCCCNC(=O)N1CCNC(=O)[C@@H]1c1cccc(F)c1. The van der Waals surface area contributed by atoms with E-state index in [4.69, 9.17) is 0 Å². The van der Waals surface area contributed by atoms with Crippen LogP contribution in [0.3, 0.4) is 0 Å². The second-order valence-electron chi connectivity index (χ2n) is 5.73. The molecule has 2 rings (SSSR count). The average molecular weight is 321 g/mol. The van der Waals surface area contributed by atoms with Crippen LogP contribution in [0.15, 0.2) is 24.3 Å². The Morgan fingerprint density at radius 1 is 1.39 bits per heavy atom. The number of nitrogens with one attached hydrogen (secondary N) is 2. The predicted octanol–water partition coefficient (Wildman–Crippen LogP) is 2.59. The lowest BCUT2D eigenvalue weighted by atomic mass is 10.0. The molecule has 126 valence electrons. The van der Waals surface area contributed by atoms with Crippen molar-refractivity contribution in [1.82, 2.24) is 15.5 Å². The first-order valence-corrected chi connectivity index (χ1v) is 8.21. The number of rotatable bonds is 6. The molecule has 6 heteroatoms. The number of unbranched alkanes of at least 4 members (excludes halogenated alkanes) is 3. The van der Waals surface area contributed by atoms with Crippen LogP contribution in [0.2, 0.25) is 0 Å². The van der Waals surface area contributed by atoms with Gasteiger partial charge in [0.05, 0.1) is 0 Å². The third-order valence-electron chi connectivity index (χ3n) is 3.94. The van der Waals surface area contributed by atoms with Crippen LogP contribution in [0.1, 0.15) is 44.2 Å². The van der Waals surface area contributed by atoms with Crippen molar-refractivity contribution in [2.45, 2.75) is 38.6 Å². The summed E-state index contributed by atoms with van der Waals surface area (Å²) in [6, 6.07) is 4.79. The minimum atomic E-state index is -0.782. The highest BCUT2D eigenvalue weighted by molar-refractivity contribution is 5.89. The molecule has 1 fully saturated rings. The third kappa shape index (κ3) is 4.68. The number of halogens is 1. The van der Waals surface area contributed by atoms with E-state index in [1.54, 1.807) is 12.1 Å². The molecule has 1 aromatic carbocycles. The van der Waals surface area contributed by atoms with Gasteiger partial charge in [0.25, 0.3) is 0 Å². The average Bonchev–Trinajstić information content (AvgIpc) is 2.54. The van der Waals surface area contributed by atoms with E-state index in [1.165, 1.54) is 17.0 Å². The molecule has 0 aromatic heterocycles. The number of nitrogens with zero attached hydrogens (tertiary/aromatic N) is 1. The van der Waals surface area contributed by atoms with Crippen molar-refractivity contribution in [1.29, 1.82) is 0 Å². The van der Waals surface area contributed by atoms with E-state index in [-0.39, 0.29) is 11.9 Å². The van der Waals surface area contributed by atoms with Gasteiger partial charge >= 0.3 is 6.03 Å². The maximum atomic E-state index is 13.4. The van der Waals surface area contributed by atoms with Gasteiger partial charge in [0.1, 0.15) is 11.9 Å². The van der Waals surface area contributed by atoms with E-state index in [2.05, 4.69) is 17.6 Å². The lowest BCUT2D eigenvalue weighted by Crippen LogP contribution is -2.54. The molecule has 0 unspecified atom stereocenters. The first-order chi connectivity index (χ1) is 11.1. The minimum absolute atomic E-state index is 0.273. The second kappa shape index (κ2) is 8.50. The standard InChI is InChI=1S/C17H24FN3O2/c1-2-3-4-5-9-20-17(23)21-11-10-19-16(22)15(21)13-7-6-8-14(18)12-13/h6-8,12,15H,2-5,9-11H2,1H3,(H,19,22)(H,20,23)/t15-/m0/s1. The highest BCUT2D eigenvalue weighted by Gasteiger charge is 2.34. The first-order valence-electron chi connectivity index (χ1n) is 8.21. The lowest BCUT2D eigenvalue weighted by Gasteiger charge is -2.35. The third-order valence-corrected chi connectivity index (χ3v) is 3.94. The zero-order chi connectivity index (χ0) is 16.7. The van der Waals surface area contributed by atoms with E-state index < -0.39 is 11.9 Å². The van der Waals surface area contributed by atoms with Crippen LogP contribution in [0.4, 0.5) is 9.18 Å². The molecule has 23 heavy (non-hydrogen) atoms. The number of benzene rings is 1. The lowest BCUT2D eigenvalue weighted by molar-refractivity contribution is -0.127. The van der Waals surface area contributed by atoms with Crippen molar-refractivity contribution in [3.63, 3.8) is 0 Å². The zero-order valence-corrected chi connectivity index (χ0v) is 13.5. The van der Waals surface area contributed by atoms with Crippen LogP contribution in [-0.2, 0) is 4.79 Å². The van der Waals surface area contributed by atoms with Crippen molar-refractivity contribution < 1.29 is 14.0 Å². The Labute approximate surface area is 136 Å². The van der Waals surface area contributed by atoms with Crippen molar-refractivity contribution >= 4 is 11.9 Å². The van der Waals surface area contributed by atoms with Crippen molar-refractivity contribution in [2.75, 3.05) is 19.6 Å². The van der Waals surface area contributed by atoms with Gasteiger partial charge in [0, 0.05) is 19.6 Å². The molecule has 1 aromatic rings. The Morgan fingerprint density at radius 2 is 2.22 bits per heavy atom. The molecule has 0 bridgehead atoms. The van der Waals surface area contributed by atoms with Gasteiger partial charge in [-0.25, -0.2) is 9.18 Å². The molecular formula is C17H24FN3O2. The molecule has 1 heterocycles. The van der Waals surface area contributed by atoms with E-state index in [9.17, 15) is 14.0 Å². The molecular weight excluding hydrogens is 297 g/mol. The van der Waals surface area contributed by atoms with Crippen molar-refractivity contribution in [2.24, 2.45) is 0 Å². The number of urea groups is 1. The smallest absolute Gasteiger partial charge is 0.318 e. The largest absolute Gasteiger partial charge is 0.352 e. The predicted molar refractivity (Wildman–Crippen MR) is 86.4 cm³/mol. The number of hydrogen-bond acceptors (Lipinski definition) is 2. The molecule has 0 saturated carbocycles. The summed E-state index contributed by atoms with van der Waals surface area (Å²) < 4.78 is 13.4. The van der Waals surface area contributed by atoms with Gasteiger partial charge in [-0.05, 0) is 24.1 Å². The molecule has 0 aliphatic carbocycles. The van der Waals surface area contributed by atoms with E-state index in [0.717, 1.165) is 25.7 Å². The normalized spacial score (nSPS) is 17.7. The summed E-state index contributed by atoms with van der Waals surface area (Å²) in [5, 5.41) is 5.60. The number of carbonyl (C=O) groups excluding carboxylic acids is 2. The Hall–Kier alpha value is -2.11. The molecule has 0 radical (unpaired) electrons. The molecule has 5 nitrogen and oxygen atoms in total. The molecule has 1 aliphatic rings.